The number of nitrogens with zero attached hydrogens (tertiary/aromatic N) is 6. The molecule has 0 fully saturated rings. The first-order valence-corrected chi connectivity index (χ1v) is 9.80. The van der Waals surface area contributed by atoms with E-state index in [2.05, 4.69) is 25.2 Å². The van der Waals surface area contributed by atoms with Crippen molar-refractivity contribution in [2.24, 2.45) is 4.99 Å². The Morgan fingerprint density at radius 3 is 2.80 bits per heavy atom. The molecule has 2 aromatic heterocycles. The Morgan fingerprint density at radius 2 is 2.10 bits per heavy atom. The largest absolute Gasteiger partial charge is 0.442 e. The first-order chi connectivity index (χ1) is 14.3. The number of aliphatic imine (C=N–C) groups is 1. The van der Waals surface area contributed by atoms with Crippen LogP contribution in [0.5, 0.6) is 0 Å². The lowest BCUT2D eigenvalue weighted by Gasteiger charge is -2.23. The maximum absolute atomic E-state index is 12.6. The first-order valence-electron chi connectivity index (χ1n) is 9.80. The van der Waals surface area contributed by atoms with Crippen LogP contribution < -0.4 is 0 Å². The highest BCUT2D eigenvalue weighted by Gasteiger charge is 2.42. The molecule has 0 radical (unpaired) electrons. The van der Waals surface area contributed by atoms with Gasteiger partial charge < -0.3 is 9.58 Å². The average molecular weight is 406 g/mol. The highest BCUT2D eigenvalue weighted by Crippen LogP contribution is 2.42. The lowest BCUT2D eigenvalue weighted by Crippen LogP contribution is -2.29. The van der Waals surface area contributed by atoms with Gasteiger partial charge in [-0.05, 0) is 49.1 Å². The van der Waals surface area contributed by atoms with Gasteiger partial charge in [-0.2, -0.15) is 4.68 Å². The number of hydrogen-bond donors (Lipinski definition) is 0. The fourth-order valence-electron chi connectivity index (χ4n) is 3.68. The topological polar surface area (TPSA) is 99.8 Å². The molecule has 154 valence electrons. The van der Waals surface area contributed by atoms with Gasteiger partial charge in [0.25, 0.3) is 6.04 Å². The molecule has 1 aliphatic rings. The molecule has 1 aliphatic heterocycles. The molecular formula is C21H22N6O3. The summed E-state index contributed by atoms with van der Waals surface area (Å²) in [6.07, 6.45) is 2.51. The zero-order chi connectivity index (χ0) is 21.5. The molecule has 9 heteroatoms. The van der Waals surface area contributed by atoms with E-state index in [1.165, 1.54) is 0 Å². The van der Waals surface area contributed by atoms with Crippen molar-refractivity contribution in [3.05, 3.63) is 46.9 Å². The quantitative estimate of drug-likeness (QED) is 0.593. The molecule has 2 atom stereocenters. The van der Waals surface area contributed by atoms with Crippen molar-refractivity contribution in [2.45, 2.75) is 58.1 Å². The number of carbonyl (C=O) groups is 1. The number of rotatable bonds is 3. The number of hydrogen-bond acceptors (Lipinski definition) is 7. The molecule has 0 amide bonds. The molecule has 0 N–H and O–H groups in total. The minimum atomic E-state index is -0.656. The lowest BCUT2D eigenvalue weighted by atomic mass is 9.81. The van der Waals surface area contributed by atoms with Crippen LogP contribution in [0.25, 0.3) is 15.9 Å². The van der Waals surface area contributed by atoms with Gasteiger partial charge in [0.05, 0.1) is 5.92 Å². The van der Waals surface area contributed by atoms with E-state index in [1.54, 1.807) is 33.0 Å². The van der Waals surface area contributed by atoms with Crippen LogP contribution in [-0.4, -0.2) is 43.5 Å². The second-order valence-corrected chi connectivity index (χ2v) is 8.22. The highest BCUT2D eigenvalue weighted by atomic mass is 16.6. The summed E-state index contributed by atoms with van der Waals surface area (Å²) in [5, 5.41) is 12.3. The standard InChI is InChI=1S/C21H22N6O3/c1-6-8-14-18(22-5)16(12-9-7-10-15-17(12)26-30-25-15)13-11-27(24-19(13)23-14)20(28)29-21(2,3)4/h7,9-11,16,18H,6,8H2,1-4H3. The van der Waals surface area contributed by atoms with Gasteiger partial charge in [-0.15, -0.1) is 5.10 Å². The molecule has 0 saturated carbocycles. The van der Waals surface area contributed by atoms with E-state index >= 15 is 0 Å². The molecule has 0 spiro atoms. The van der Waals surface area contributed by atoms with E-state index in [0.717, 1.165) is 22.4 Å². The van der Waals surface area contributed by atoms with Gasteiger partial charge in [0.15, 0.2) is 5.82 Å². The summed E-state index contributed by atoms with van der Waals surface area (Å²) in [7, 11) is 0. The van der Waals surface area contributed by atoms with Crippen LogP contribution in [0.2, 0.25) is 0 Å². The Kier molecular flexibility index (Phi) is 4.86. The molecule has 0 saturated heterocycles. The van der Waals surface area contributed by atoms with E-state index in [9.17, 15) is 4.79 Å². The predicted molar refractivity (Wildman–Crippen MR) is 110 cm³/mol. The third-order valence-electron chi connectivity index (χ3n) is 4.84. The van der Waals surface area contributed by atoms with Crippen molar-refractivity contribution >= 4 is 28.7 Å². The molecule has 0 bridgehead atoms. The van der Waals surface area contributed by atoms with Crippen LogP contribution in [0.3, 0.4) is 0 Å². The molecular weight excluding hydrogens is 384 g/mol. The monoisotopic (exact) mass is 406 g/mol. The summed E-state index contributed by atoms with van der Waals surface area (Å²) in [6, 6.07) is 5.03. The van der Waals surface area contributed by atoms with Crippen LogP contribution in [0.1, 0.15) is 57.6 Å². The Balaban J connectivity index is 1.88. The summed E-state index contributed by atoms with van der Waals surface area (Å²) in [5.74, 6) is 0.0194. The molecule has 3 heterocycles. The summed E-state index contributed by atoms with van der Waals surface area (Å²) in [4.78, 5) is 21.1. The van der Waals surface area contributed by atoms with Crippen molar-refractivity contribution in [1.82, 2.24) is 20.1 Å². The predicted octanol–water partition coefficient (Wildman–Crippen LogP) is 4.51. The normalized spacial score (nSPS) is 18.6. The first kappa shape index (κ1) is 19.8. The number of ether oxygens (including phenoxy) is 1. The minimum Gasteiger partial charge on any atom is -0.442 e. The molecule has 2 unspecified atom stereocenters. The number of fused-ring (bicyclic) bond motifs is 2. The second kappa shape index (κ2) is 7.37. The number of aromatic nitrogens is 4. The van der Waals surface area contributed by atoms with Gasteiger partial charge in [0.1, 0.15) is 22.3 Å². The van der Waals surface area contributed by atoms with Crippen LogP contribution in [0, 0.1) is 6.57 Å². The van der Waals surface area contributed by atoms with Gasteiger partial charge in [-0.1, -0.05) is 25.5 Å². The maximum atomic E-state index is 12.6. The van der Waals surface area contributed by atoms with E-state index in [4.69, 9.17) is 15.9 Å². The van der Waals surface area contributed by atoms with Crippen molar-refractivity contribution in [2.75, 3.05) is 0 Å². The SMILES string of the molecule is [C-]#[N+]C1C(CCC)=Nc2nn(C(=O)OC(C)(C)C)cc2C1c1cccc2nonc12. The van der Waals surface area contributed by atoms with Crippen LogP contribution in [0.15, 0.2) is 34.0 Å². The number of benzene rings is 1. The van der Waals surface area contributed by atoms with Crippen molar-refractivity contribution in [3.63, 3.8) is 0 Å². The van der Waals surface area contributed by atoms with Gasteiger partial charge in [0.2, 0.25) is 0 Å². The molecule has 3 aromatic rings. The third kappa shape index (κ3) is 3.45. The molecule has 1 aromatic carbocycles. The van der Waals surface area contributed by atoms with Gasteiger partial charge in [0, 0.05) is 11.8 Å². The van der Waals surface area contributed by atoms with E-state index in [-0.39, 0.29) is 0 Å². The average Bonchev–Trinajstić information content (AvgIpc) is 3.32. The van der Waals surface area contributed by atoms with Crippen LogP contribution in [0.4, 0.5) is 10.6 Å². The molecule has 30 heavy (non-hydrogen) atoms. The fraction of sp³-hybridized carbons (Fsp3) is 0.429. The van der Waals surface area contributed by atoms with E-state index in [0.29, 0.717) is 28.8 Å². The maximum Gasteiger partial charge on any atom is 0.435 e. The Morgan fingerprint density at radius 1 is 1.30 bits per heavy atom. The Labute approximate surface area is 173 Å². The van der Waals surface area contributed by atoms with Crippen molar-refractivity contribution in [1.29, 1.82) is 0 Å². The summed E-state index contributed by atoms with van der Waals surface area (Å²) < 4.78 is 11.5. The zero-order valence-electron chi connectivity index (χ0n) is 17.3. The Bertz CT molecular complexity index is 1180. The smallest absolute Gasteiger partial charge is 0.435 e. The molecule has 9 nitrogen and oxygen atoms in total. The molecule has 4 rings (SSSR count). The van der Waals surface area contributed by atoms with Gasteiger partial charge in [-0.3, -0.25) is 0 Å². The second-order valence-electron chi connectivity index (χ2n) is 8.22. The summed E-state index contributed by atoms with van der Waals surface area (Å²) >= 11 is 0. The van der Waals surface area contributed by atoms with Crippen LogP contribution in [-0.2, 0) is 4.74 Å². The van der Waals surface area contributed by atoms with Crippen molar-refractivity contribution < 1.29 is 14.2 Å². The number of carbonyl (C=O) groups excluding carboxylic acids is 1. The van der Waals surface area contributed by atoms with Crippen LogP contribution >= 0.6 is 0 Å². The van der Waals surface area contributed by atoms with Crippen molar-refractivity contribution in [3.8, 4) is 0 Å². The lowest BCUT2D eigenvalue weighted by molar-refractivity contribution is 0.0514. The molecule has 0 aliphatic carbocycles. The van der Waals surface area contributed by atoms with E-state index in [1.807, 2.05) is 19.1 Å². The fourth-order valence-corrected chi connectivity index (χ4v) is 3.68. The Hall–Kier alpha value is -3.54. The van der Waals surface area contributed by atoms with E-state index < -0.39 is 23.7 Å². The minimum absolute atomic E-state index is 0.400. The highest BCUT2D eigenvalue weighted by molar-refractivity contribution is 5.97. The zero-order valence-corrected chi connectivity index (χ0v) is 17.3. The summed E-state index contributed by atoms with van der Waals surface area (Å²) in [6.45, 7) is 15.3. The third-order valence-corrected chi connectivity index (χ3v) is 4.84. The summed E-state index contributed by atoms with van der Waals surface area (Å²) in [5.41, 5.74) is 2.76. The van der Waals surface area contributed by atoms with Gasteiger partial charge in [-0.25, -0.2) is 21.0 Å². The van der Waals surface area contributed by atoms with Gasteiger partial charge >= 0.3 is 6.09 Å².